The van der Waals surface area contributed by atoms with Crippen LogP contribution in [-0.2, 0) is 4.74 Å². The Labute approximate surface area is 113 Å². The predicted molar refractivity (Wildman–Crippen MR) is 74.2 cm³/mol. The van der Waals surface area contributed by atoms with E-state index in [9.17, 15) is 4.79 Å². The number of aromatic nitrogens is 1. The third kappa shape index (κ3) is 3.44. The van der Waals surface area contributed by atoms with Crippen molar-refractivity contribution in [2.24, 2.45) is 11.7 Å². The van der Waals surface area contributed by atoms with Gasteiger partial charge in [0, 0.05) is 32.1 Å². The summed E-state index contributed by atoms with van der Waals surface area (Å²) in [6.07, 6.45) is 5.53. The van der Waals surface area contributed by atoms with Crippen molar-refractivity contribution in [3.05, 3.63) is 24.0 Å². The molecule has 0 radical (unpaired) electrons. The minimum Gasteiger partial charge on any atom is -0.381 e. The number of piperidine rings is 1. The standard InChI is InChI=1S/C14H21N3O2/c1-2-19-10-11-4-3-7-17(9-11)13-5-6-16-8-12(13)14(15)18/h5-6,8,11H,2-4,7,9-10H2,1H3,(H2,15,18). The Bertz CT molecular complexity index is 436. The highest BCUT2D eigenvalue weighted by Crippen LogP contribution is 2.25. The molecule has 1 aromatic rings. The highest BCUT2D eigenvalue weighted by atomic mass is 16.5. The fourth-order valence-electron chi connectivity index (χ4n) is 2.56. The van der Waals surface area contributed by atoms with Gasteiger partial charge in [-0.2, -0.15) is 0 Å². The summed E-state index contributed by atoms with van der Waals surface area (Å²) in [7, 11) is 0. The summed E-state index contributed by atoms with van der Waals surface area (Å²) in [6, 6.07) is 1.86. The van der Waals surface area contributed by atoms with E-state index in [0.29, 0.717) is 11.5 Å². The van der Waals surface area contributed by atoms with Crippen LogP contribution in [0.1, 0.15) is 30.1 Å². The van der Waals surface area contributed by atoms with Crippen LogP contribution in [0.3, 0.4) is 0 Å². The van der Waals surface area contributed by atoms with E-state index in [0.717, 1.165) is 38.4 Å². The van der Waals surface area contributed by atoms with Crippen LogP contribution in [-0.4, -0.2) is 37.2 Å². The quantitative estimate of drug-likeness (QED) is 0.872. The van der Waals surface area contributed by atoms with Crippen LogP contribution in [0.5, 0.6) is 0 Å². The van der Waals surface area contributed by atoms with Gasteiger partial charge in [-0.1, -0.05) is 0 Å². The third-order valence-electron chi connectivity index (χ3n) is 3.48. The minimum atomic E-state index is -0.421. The maximum atomic E-state index is 11.4. The van der Waals surface area contributed by atoms with E-state index in [1.807, 2.05) is 13.0 Å². The lowest BCUT2D eigenvalue weighted by Gasteiger charge is -2.35. The Kier molecular flexibility index (Phi) is 4.74. The second kappa shape index (κ2) is 6.52. The molecule has 1 amide bonds. The zero-order chi connectivity index (χ0) is 13.7. The average molecular weight is 263 g/mol. The summed E-state index contributed by atoms with van der Waals surface area (Å²) < 4.78 is 5.50. The maximum absolute atomic E-state index is 11.4. The summed E-state index contributed by atoms with van der Waals surface area (Å²) in [5.74, 6) is 0.0950. The van der Waals surface area contributed by atoms with Gasteiger partial charge in [-0.05, 0) is 31.7 Å². The fourth-order valence-corrected chi connectivity index (χ4v) is 2.56. The number of carbonyl (C=O) groups is 1. The number of hydrogen-bond acceptors (Lipinski definition) is 4. The van der Waals surface area contributed by atoms with E-state index in [2.05, 4.69) is 9.88 Å². The number of nitrogens with two attached hydrogens (primary N) is 1. The molecule has 5 nitrogen and oxygen atoms in total. The van der Waals surface area contributed by atoms with Gasteiger partial charge in [0.1, 0.15) is 0 Å². The molecule has 1 unspecified atom stereocenters. The zero-order valence-electron chi connectivity index (χ0n) is 11.3. The molecular weight excluding hydrogens is 242 g/mol. The first-order valence-corrected chi connectivity index (χ1v) is 6.79. The van der Waals surface area contributed by atoms with Gasteiger partial charge in [0.15, 0.2) is 0 Å². The number of amides is 1. The average Bonchev–Trinajstić information content (AvgIpc) is 2.45. The zero-order valence-corrected chi connectivity index (χ0v) is 11.3. The van der Waals surface area contributed by atoms with Gasteiger partial charge in [-0.25, -0.2) is 0 Å². The summed E-state index contributed by atoms with van der Waals surface area (Å²) in [5, 5.41) is 0. The van der Waals surface area contributed by atoms with Crippen LogP contribution in [0.25, 0.3) is 0 Å². The molecule has 5 heteroatoms. The molecule has 0 bridgehead atoms. The molecule has 1 saturated heterocycles. The first-order chi connectivity index (χ1) is 9.22. The third-order valence-corrected chi connectivity index (χ3v) is 3.48. The molecule has 2 heterocycles. The van der Waals surface area contributed by atoms with Crippen molar-refractivity contribution in [3.63, 3.8) is 0 Å². The van der Waals surface area contributed by atoms with E-state index in [4.69, 9.17) is 10.5 Å². The molecule has 0 aliphatic carbocycles. The van der Waals surface area contributed by atoms with E-state index in [1.54, 1.807) is 12.4 Å². The summed E-state index contributed by atoms with van der Waals surface area (Å²) >= 11 is 0. The molecule has 2 rings (SSSR count). The van der Waals surface area contributed by atoms with Gasteiger partial charge in [-0.15, -0.1) is 0 Å². The van der Waals surface area contributed by atoms with Crippen LogP contribution < -0.4 is 10.6 Å². The van der Waals surface area contributed by atoms with Crippen LogP contribution in [0.4, 0.5) is 5.69 Å². The Morgan fingerprint density at radius 1 is 1.63 bits per heavy atom. The largest absolute Gasteiger partial charge is 0.381 e. The lowest BCUT2D eigenvalue weighted by atomic mass is 9.98. The first-order valence-electron chi connectivity index (χ1n) is 6.79. The Hall–Kier alpha value is -1.62. The second-order valence-electron chi connectivity index (χ2n) is 4.87. The van der Waals surface area contributed by atoms with E-state index in [-0.39, 0.29) is 0 Å². The smallest absolute Gasteiger partial charge is 0.252 e. The number of ether oxygens (including phenoxy) is 1. The summed E-state index contributed by atoms with van der Waals surface area (Å²) in [4.78, 5) is 17.6. The molecule has 1 atom stereocenters. The topological polar surface area (TPSA) is 68.4 Å². The van der Waals surface area contributed by atoms with Crippen molar-refractivity contribution in [2.75, 3.05) is 31.2 Å². The van der Waals surface area contributed by atoms with E-state index >= 15 is 0 Å². The number of carbonyl (C=O) groups excluding carboxylic acids is 1. The number of hydrogen-bond donors (Lipinski definition) is 1. The number of rotatable bonds is 5. The number of pyridine rings is 1. The second-order valence-corrected chi connectivity index (χ2v) is 4.87. The van der Waals surface area contributed by atoms with E-state index < -0.39 is 5.91 Å². The molecule has 104 valence electrons. The molecule has 0 saturated carbocycles. The molecule has 1 fully saturated rings. The van der Waals surface area contributed by atoms with Crippen LogP contribution in [0.15, 0.2) is 18.5 Å². The predicted octanol–water partition coefficient (Wildman–Crippen LogP) is 1.43. The number of anilines is 1. The van der Waals surface area contributed by atoms with Crippen LogP contribution in [0.2, 0.25) is 0 Å². The Balaban J connectivity index is 2.11. The number of nitrogens with zero attached hydrogens (tertiary/aromatic N) is 2. The van der Waals surface area contributed by atoms with Crippen molar-refractivity contribution in [1.29, 1.82) is 0 Å². The van der Waals surface area contributed by atoms with Crippen molar-refractivity contribution in [2.45, 2.75) is 19.8 Å². The minimum absolute atomic E-state index is 0.421. The maximum Gasteiger partial charge on any atom is 0.252 e. The van der Waals surface area contributed by atoms with Gasteiger partial charge in [0.05, 0.1) is 17.9 Å². The lowest BCUT2D eigenvalue weighted by Crippen LogP contribution is -2.38. The molecular formula is C14H21N3O2. The molecule has 0 spiro atoms. The Morgan fingerprint density at radius 2 is 2.47 bits per heavy atom. The van der Waals surface area contributed by atoms with Crippen molar-refractivity contribution in [1.82, 2.24) is 4.98 Å². The van der Waals surface area contributed by atoms with E-state index in [1.165, 1.54) is 6.42 Å². The lowest BCUT2D eigenvalue weighted by molar-refractivity contribution is 0.0998. The van der Waals surface area contributed by atoms with Gasteiger partial charge in [0.25, 0.3) is 5.91 Å². The van der Waals surface area contributed by atoms with Crippen molar-refractivity contribution in [3.8, 4) is 0 Å². The monoisotopic (exact) mass is 263 g/mol. The fraction of sp³-hybridized carbons (Fsp3) is 0.571. The van der Waals surface area contributed by atoms with Crippen LogP contribution >= 0.6 is 0 Å². The molecule has 1 aliphatic rings. The molecule has 19 heavy (non-hydrogen) atoms. The van der Waals surface area contributed by atoms with Crippen molar-refractivity contribution < 1.29 is 9.53 Å². The highest BCUT2D eigenvalue weighted by Gasteiger charge is 2.23. The molecule has 1 aliphatic heterocycles. The molecule has 0 aromatic carbocycles. The normalized spacial score (nSPS) is 19.4. The molecule has 2 N–H and O–H groups in total. The number of primary amides is 1. The molecule has 1 aromatic heterocycles. The SMILES string of the molecule is CCOCC1CCCN(c2ccncc2C(N)=O)C1. The Morgan fingerprint density at radius 3 is 3.21 bits per heavy atom. The van der Waals surface area contributed by atoms with Crippen LogP contribution in [0, 0.1) is 5.92 Å². The highest BCUT2D eigenvalue weighted by molar-refractivity contribution is 5.98. The van der Waals surface area contributed by atoms with Gasteiger partial charge in [-0.3, -0.25) is 9.78 Å². The summed E-state index contributed by atoms with van der Waals surface area (Å²) in [6.45, 7) is 5.40. The van der Waals surface area contributed by atoms with Crippen molar-refractivity contribution >= 4 is 11.6 Å². The van der Waals surface area contributed by atoms with Gasteiger partial charge >= 0.3 is 0 Å². The van der Waals surface area contributed by atoms with Gasteiger partial charge < -0.3 is 15.4 Å². The first kappa shape index (κ1) is 13.8. The van der Waals surface area contributed by atoms with Gasteiger partial charge in [0.2, 0.25) is 0 Å². The summed E-state index contributed by atoms with van der Waals surface area (Å²) in [5.41, 5.74) is 6.80.